The first-order valence-corrected chi connectivity index (χ1v) is 19.5. The fourth-order valence-corrected chi connectivity index (χ4v) is 7.86. The predicted molar refractivity (Wildman–Crippen MR) is 180 cm³/mol. The average molecular weight is 652 g/mol. The molecule has 3 aliphatic rings. The second-order valence-electron chi connectivity index (χ2n) is 13.5. The van der Waals surface area contributed by atoms with Crippen molar-refractivity contribution >= 4 is 19.5 Å². The van der Waals surface area contributed by atoms with Crippen LogP contribution in [0.5, 0.6) is 0 Å². The van der Waals surface area contributed by atoms with Gasteiger partial charge >= 0.3 is 5.97 Å². The van der Waals surface area contributed by atoms with Gasteiger partial charge in [-0.1, -0.05) is 103 Å². The molecule has 0 N–H and O–H groups in total. The van der Waals surface area contributed by atoms with Crippen LogP contribution < -0.4 is 9.38 Å². The Bertz CT molecular complexity index is 999. The number of esters is 1. The van der Waals surface area contributed by atoms with E-state index in [1.54, 1.807) is 6.92 Å². The van der Waals surface area contributed by atoms with Crippen LogP contribution in [-0.2, 0) is 27.9 Å². The third-order valence-corrected chi connectivity index (χ3v) is 10.8. The maximum absolute atomic E-state index is 12.7. The lowest BCUT2D eigenvalue weighted by Crippen LogP contribution is -2.59. The van der Waals surface area contributed by atoms with E-state index >= 15 is 0 Å². The Hall–Kier alpha value is -1.28. The van der Waals surface area contributed by atoms with Crippen LogP contribution in [0.4, 0.5) is 5.69 Å². The number of carbonyl (C=O) groups is 1. The van der Waals surface area contributed by atoms with Crippen molar-refractivity contribution in [3.05, 3.63) is 29.8 Å². The summed E-state index contributed by atoms with van der Waals surface area (Å²) in [6.45, 7) is 8.98. The van der Waals surface area contributed by atoms with Crippen molar-refractivity contribution in [1.29, 1.82) is 0 Å². The molecule has 0 amide bonds. The minimum atomic E-state index is -4.65. The van der Waals surface area contributed by atoms with Gasteiger partial charge in [0, 0.05) is 38.9 Å². The van der Waals surface area contributed by atoms with Gasteiger partial charge in [-0.15, -0.1) is 0 Å². The topological polar surface area (TPSA) is 94.1 Å². The van der Waals surface area contributed by atoms with Crippen LogP contribution in [0.25, 0.3) is 0 Å². The molecule has 3 saturated heterocycles. The van der Waals surface area contributed by atoms with Gasteiger partial charge < -0.3 is 23.4 Å². The lowest BCUT2D eigenvalue weighted by atomic mass is 9.85. The number of quaternary nitrogens is 1. The van der Waals surface area contributed by atoms with E-state index in [9.17, 15) is 14.3 Å². The fourth-order valence-electron chi connectivity index (χ4n) is 6.94. The number of fused-ring (bicyclic) bond motifs is 3. The molecule has 0 aliphatic carbocycles. The van der Waals surface area contributed by atoms with Gasteiger partial charge in [-0.3, -0.25) is 13.8 Å². The number of nitrogens with zero attached hydrogens (tertiary/aromatic N) is 1. The predicted octanol–water partition coefficient (Wildman–Crippen LogP) is 8.80. The van der Waals surface area contributed by atoms with E-state index < -0.39 is 26.0 Å². The maximum Gasteiger partial charge on any atom is 0.303 e. The minimum absolute atomic E-state index is 0.0798. The van der Waals surface area contributed by atoms with Gasteiger partial charge in [0.2, 0.25) is 0 Å². The highest BCUT2D eigenvalue weighted by Gasteiger charge is 2.41. The standard InChI is InChI=1S/C36H62NO7P/c1-4-5-6-7-8-9-10-11-12-13-14-15-16-17-27-41-29-36(43-32(3)38)30-42-45(39,40)44-31(2)34-19-18-20-35(28-34)37-24-21-33(22-25-37)23-26-37/h18-20,28,31,33,36H,4-17,21-27,29-30H2,1-3H3. The highest BCUT2D eigenvalue weighted by molar-refractivity contribution is 7.45. The van der Waals surface area contributed by atoms with E-state index in [4.69, 9.17) is 18.5 Å². The Kier molecular flexibility index (Phi) is 17.7. The smallest absolute Gasteiger partial charge is 0.303 e. The normalized spacial score (nSPS) is 22.2. The van der Waals surface area contributed by atoms with Gasteiger partial charge in [-0.25, -0.2) is 0 Å². The zero-order valence-corrected chi connectivity index (χ0v) is 29.5. The number of ether oxygens (including phenoxy) is 2. The molecule has 2 bridgehead atoms. The van der Waals surface area contributed by atoms with E-state index in [-0.39, 0.29) is 13.2 Å². The lowest BCUT2D eigenvalue weighted by Gasteiger charge is -2.48. The van der Waals surface area contributed by atoms with E-state index in [2.05, 4.69) is 19.1 Å². The van der Waals surface area contributed by atoms with Crippen molar-refractivity contribution in [2.75, 3.05) is 39.5 Å². The second kappa shape index (κ2) is 20.8. The molecular weight excluding hydrogens is 589 g/mol. The molecule has 9 heteroatoms. The number of phosphoric acid groups is 1. The fraction of sp³-hybridized carbons (Fsp3) is 0.806. The molecule has 1 aromatic rings. The van der Waals surface area contributed by atoms with Crippen LogP contribution in [-0.4, -0.2) is 51.5 Å². The first kappa shape index (κ1) is 38.2. The second-order valence-corrected chi connectivity index (χ2v) is 14.9. The van der Waals surface area contributed by atoms with Crippen molar-refractivity contribution in [1.82, 2.24) is 4.48 Å². The highest BCUT2D eigenvalue weighted by atomic mass is 31.2. The van der Waals surface area contributed by atoms with E-state index in [0.717, 1.165) is 48.4 Å². The van der Waals surface area contributed by atoms with Crippen molar-refractivity contribution < 1.29 is 32.8 Å². The summed E-state index contributed by atoms with van der Waals surface area (Å²) in [5.74, 6) is 0.356. The Balaban J connectivity index is 1.28. The molecule has 3 heterocycles. The molecule has 4 rings (SSSR count). The Morgan fingerprint density at radius 2 is 1.44 bits per heavy atom. The number of hydrogen-bond acceptors (Lipinski definition) is 7. The van der Waals surface area contributed by atoms with Gasteiger partial charge in [0.05, 0.1) is 39.0 Å². The van der Waals surface area contributed by atoms with E-state index in [1.165, 1.54) is 109 Å². The summed E-state index contributed by atoms with van der Waals surface area (Å²) in [5.41, 5.74) is 2.04. The first-order valence-electron chi connectivity index (χ1n) is 18.1. The van der Waals surface area contributed by atoms with Crippen molar-refractivity contribution in [3.8, 4) is 0 Å². The number of carbonyl (C=O) groups excluding carboxylic acids is 1. The zero-order chi connectivity index (χ0) is 32.4. The summed E-state index contributed by atoms with van der Waals surface area (Å²) in [5, 5.41) is 0. The van der Waals surface area contributed by atoms with Gasteiger partial charge in [-0.05, 0) is 30.9 Å². The molecule has 0 spiro atoms. The molecular formula is C36H62NO7P. The molecule has 258 valence electrons. The monoisotopic (exact) mass is 651 g/mol. The number of piperidine rings is 3. The average Bonchev–Trinajstić information content (AvgIpc) is 3.04. The molecule has 0 aromatic heterocycles. The Morgan fingerprint density at radius 3 is 2.00 bits per heavy atom. The summed E-state index contributed by atoms with van der Waals surface area (Å²) in [4.78, 5) is 24.4. The number of unbranched alkanes of at least 4 members (excludes halogenated alkanes) is 13. The maximum atomic E-state index is 12.7. The molecule has 3 fully saturated rings. The molecule has 8 nitrogen and oxygen atoms in total. The highest BCUT2D eigenvalue weighted by Crippen LogP contribution is 2.45. The summed E-state index contributed by atoms with van der Waals surface area (Å²) >= 11 is 0. The SMILES string of the molecule is CCCCCCCCCCCCCCCCOCC(COP(=O)([O-])OC(C)c1cccc([N+]23CCC(CC2)CC3)c1)OC(C)=O. The van der Waals surface area contributed by atoms with Crippen LogP contribution in [0.1, 0.15) is 142 Å². The molecule has 3 unspecified atom stereocenters. The quantitative estimate of drug-likeness (QED) is 0.0451. The zero-order valence-electron chi connectivity index (χ0n) is 28.6. The van der Waals surface area contributed by atoms with E-state index in [0.29, 0.717) is 6.61 Å². The minimum Gasteiger partial charge on any atom is -0.756 e. The lowest BCUT2D eigenvalue weighted by molar-refractivity contribution is -0.232. The summed E-state index contributed by atoms with van der Waals surface area (Å²) in [6, 6.07) is 8.12. The first-order chi connectivity index (χ1) is 21.7. The number of rotatable bonds is 25. The number of phosphoric ester groups is 1. The summed E-state index contributed by atoms with van der Waals surface area (Å²) < 4.78 is 35.3. The van der Waals surface area contributed by atoms with Crippen LogP contribution in [0.2, 0.25) is 0 Å². The van der Waals surface area contributed by atoms with Crippen LogP contribution in [0, 0.1) is 5.92 Å². The largest absolute Gasteiger partial charge is 0.756 e. The summed E-state index contributed by atoms with van der Waals surface area (Å²) in [6.07, 6.45) is 20.3. The van der Waals surface area contributed by atoms with Gasteiger partial charge in [-0.2, -0.15) is 0 Å². The Labute approximate surface area is 273 Å². The molecule has 3 atom stereocenters. The van der Waals surface area contributed by atoms with Crippen molar-refractivity contribution in [3.63, 3.8) is 0 Å². The third kappa shape index (κ3) is 14.6. The Morgan fingerprint density at radius 1 is 0.889 bits per heavy atom. The van der Waals surface area contributed by atoms with Crippen molar-refractivity contribution in [2.24, 2.45) is 5.92 Å². The number of hydrogen-bond donors (Lipinski definition) is 0. The molecule has 1 aromatic carbocycles. The summed E-state index contributed by atoms with van der Waals surface area (Å²) in [7, 11) is -4.65. The van der Waals surface area contributed by atoms with Crippen LogP contribution in [0.3, 0.4) is 0 Å². The number of benzene rings is 1. The van der Waals surface area contributed by atoms with Crippen LogP contribution in [0.15, 0.2) is 24.3 Å². The molecule has 3 aliphatic heterocycles. The van der Waals surface area contributed by atoms with Gasteiger partial charge in [0.15, 0.2) is 0 Å². The molecule has 0 saturated carbocycles. The van der Waals surface area contributed by atoms with Crippen molar-refractivity contribution in [2.45, 2.75) is 142 Å². The van der Waals surface area contributed by atoms with Crippen LogP contribution >= 0.6 is 7.82 Å². The van der Waals surface area contributed by atoms with E-state index in [1.807, 2.05) is 12.1 Å². The van der Waals surface area contributed by atoms with Gasteiger partial charge in [0.1, 0.15) is 11.8 Å². The third-order valence-electron chi connectivity index (χ3n) is 9.77. The molecule has 45 heavy (non-hydrogen) atoms. The molecule has 0 radical (unpaired) electrons. The van der Waals surface area contributed by atoms with Gasteiger partial charge in [0.25, 0.3) is 7.82 Å².